The summed E-state index contributed by atoms with van der Waals surface area (Å²) in [6.07, 6.45) is 1.22. The molecule has 18 heavy (non-hydrogen) atoms. The minimum Gasteiger partial charge on any atom is -0.347 e. The van der Waals surface area contributed by atoms with Crippen molar-refractivity contribution in [2.24, 2.45) is 7.05 Å². The highest BCUT2D eigenvalue weighted by Gasteiger charge is 2.26. The topological polar surface area (TPSA) is 37.2 Å². The van der Waals surface area contributed by atoms with E-state index < -0.39 is 0 Å². The standard InChI is InChI=1S/C12H19N5S/c1-8-10-11(17(4)14-8)13-12(18-10)16(3)9-5-6-15(2)7-9/h9H,5-7H2,1-4H3. The van der Waals surface area contributed by atoms with Crippen molar-refractivity contribution in [2.75, 3.05) is 32.1 Å². The first kappa shape index (κ1) is 11.9. The average Bonchev–Trinajstić information content (AvgIpc) is 2.98. The minimum atomic E-state index is 0.587. The third-order valence-corrected chi connectivity index (χ3v) is 4.99. The lowest BCUT2D eigenvalue weighted by molar-refractivity contribution is 0.409. The van der Waals surface area contributed by atoms with Gasteiger partial charge in [0, 0.05) is 26.7 Å². The first-order valence-corrected chi connectivity index (χ1v) is 7.09. The number of aryl methyl sites for hydroxylation is 2. The summed E-state index contributed by atoms with van der Waals surface area (Å²) in [6, 6.07) is 0.587. The molecule has 0 radical (unpaired) electrons. The van der Waals surface area contributed by atoms with Crippen molar-refractivity contribution in [3.05, 3.63) is 5.69 Å². The van der Waals surface area contributed by atoms with Gasteiger partial charge in [0.25, 0.3) is 0 Å². The van der Waals surface area contributed by atoms with Crippen LogP contribution in [0.3, 0.4) is 0 Å². The maximum absolute atomic E-state index is 4.73. The summed E-state index contributed by atoms with van der Waals surface area (Å²) in [7, 11) is 6.30. The highest BCUT2D eigenvalue weighted by atomic mass is 32.1. The zero-order valence-corrected chi connectivity index (χ0v) is 12.2. The van der Waals surface area contributed by atoms with Crippen molar-refractivity contribution < 1.29 is 0 Å². The van der Waals surface area contributed by atoms with E-state index >= 15 is 0 Å². The van der Waals surface area contributed by atoms with Gasteiger partial charge in [0.05, 0.1) is 10.4 Å². The van der Waals surface area contributed by atoms with Gasteiger partial charge in [-0.1, -0.05) is 11.3 Å². The Bertz CT molecular complexity index is 538. The van der Waals surface area contributed by atoms with Crippen LogP contribution >= 0.6 is 11.3 Å². The molecule has 0 spiro atoms. The first-order chi connectivity index (χ1) is 8.56. The second kappa shape index (κ2) is 4.20. The number of rotatable bonds is 2. The third-order valence-electron chi connectivity index (χ3n) is 3.75. The fraction of sp³-hybridized carbons (Fsp3) is 0.667. The molecular weight excluding hydrogens is 246 g/mol. The molecule has 3 rings (SSSR count). The van der Waals surface area contributed by atoms with E-state index in [4.69, 9.17) is 4.98 Å². The van der Waals surface area contributed by atoms with Gasteiger partial charge < -0.3 is 9.80 Å². The van der Waals surface area contributed by atoms with Gasteiger partial charge in [0.1, 0.15) is 0 Å². The van der Waals surface area contributed by atoms with Crippen LogP contribution in [0, 0.1) is 6.92 Å². The monoisotopic (exact) mass is 265 g/mol. The van der Waals surface area contributed by atoms with Crippen molar-refractivity contribution >= 4 is 26.8 Å². The minimum absolute atomic E-state index is 0.587. The van der Waals surface area contributed by atoms with Crippen molar-refractivity contribution in [3.63, 3.8) is 0 Å². The van der Waals surface area contributed by atoms with E-state index in [9.17, 15) is 0 Å². The molecule has 1 aliphatic heterocycles. The van der Waals surface area contributed by atoms with E-state index in [0.29, 0.717) is 6.04 Å². The molecule has 2 aromatic rings. The van der Waals surface area contributed by atoms with Gasteiger partial charge in [-0.05, 0) is 26.9 Å². The molecule has 1 atom stereocenters. The first-order valence-electron chi connectivity index (χ1n) is 6.28. The van der Waals surface area contributed by atoms with Gasteiger partial charge in [0.2, 0.25) is 0 Å². The van der Waals surface area contributed by atoms with E-state index in [-0.39, 0.29) is 0 Å². The van der Waals surface area contributed by atoms with Crippen LogP contribution in [0.2, 0.25) is 0 Å². The Morgan fingerprint density at radius 2 is 2.17 bits per heavy atom. The van der Waals surface area contributed by atoms with Crippen LogP contribution < -0.4 is 4.90 Å². The van der Waals surface area contributed by atoms with E-state index in [0.717, 1.165) is 23.0 Å². The Morgan fingerprint density at radius 3 is 2.78 bits per heavy atom. The molecule has 5 nitrogen and oxygen atoms in total. The van der Waals surface area contributed by atoms with Crippen molar-refractivity contribution in [3.8, 4) is 0 Å². The zero-order chi connectivity index (χ0) is 12.9. The third kappa shape index (κ3) is 1.80. The molecule has 1 fully saturated rings. The maximum Gasteiger partial charge on any atom is 0.188 e. The van der Waals surface area contributed by atoms with E-state index in [1.807, 2.05) is 18.7 Å². The Kier molecular flexibility index (Phi) is 2.79. The van der Waals surface area contributed by atoms with Crippen LogP contribution in [0.4, 0.5) is 5.13 Å². The number of anilines is 1. The van der Waals surface area contributed by atoms with Crippen LogP contribution in [-0.2, 0) is 7.05 Å². The largest absolute Gasteiger partial charge is 0.347 e. The lowest BCUT2D eigenvalue weighted by atomic mass is 10.2. The Balaban J connectivity index is 1.92. The van der Waals surface area contributed by atoms with Gasteiger partial charge in [-0.15, -0.1) is 0 Å². The molecule has 0 aliphatic carbocycles. The highest BCUT2D eigenvalue weighted by Crippen LogP contribution is 2.32. The van der Waals surface area contributed by atoms with Gasteiger partial charge in [-0.3, -0.25) is 0 Å². The molecule has 1 aliphatic rings. The van der Waals surface area contributed by atoms with Gasteiger partial charge in [0.15, 0.2) is 10.8 Å². The number of likely N-dealkylation sites (tertiary alicyclic amines) is 1. The van der Waals surface area contributed by atoms with Crippen molar-refractivity contribution in [1.82, 2.24) is 19.7 Å². The second-order valence-electron chi connectivity index (χ2n) is 5.17. The normalized spacial score (nSPS) is 21.0. The van der Waals surface area contributed by atoms with Crippen LogP contribution in [-0.4, -0.2) is 52.9 Å². The Hall–Kier alpha value is -1.14. The quantitative estimate of drug-likeness (QED) is 0.824. The molecule has 0 aromatic carbocycles. The Morgan fingerprint density at radius 1 is 1.39 bits per heavy atom. The molecular formula is C12H19N5S. The molecule has 98 valence electrons. The number of aromatic nitrogens is 3. The summed E-state index contributed by atoms with van der Waals surface area (Å²) in [6.45, 7) is 4.36. The summed E-state index contributed by atoms with van der Waals surface area (Å²) in [4.78, 5) is 9.43. The van der Waals surface area contributed by atoms with Crippen LogP contribution in [0.25, 0.3) is 10.3 Å². The number of nitrogens with zero attached hydrogens (tertiary/aromatic N) is 5. The summed E-state index contributed by atoms with van der Waals surface area (Å²) >= 11 is 1.75. The number of likely N-dealkylation sites (N-methyl/N-ethyl adjacent to an activating group) is 2. The SMILES string of the molecule is Cc1nn(C)c2nc(N(C)C3CCN(C)C3)sc12. The van der Waals surface area contributed by atoms with E-state index in [2.05, 4.69) is 29.0 Å². The molecule has 1 saturated heterocycles. The summed E-state index contributed by atoms with van der Waals surface area (Å²) < 4.78 is 3.09. The van der Waals surface area contributed by atoms with Crippen LogP contribution in [0.1, 0.15) is 12.1 Å². The van der Waals surface area contributed by atoms with E-state index in [1.165, 1.54) is 17.7 Å². The predicted octanol–water partition coefficient (Wildman–Crippen LogP) is 1.48. The zero-order valence-electron chi connectivity index (χ0n) is 11.3. The molecule has 0 amide bonds. The molecule has 1 unspecified atom stereocenters. The fourth-order valence-electron chi connectivity index (χ4n) is 2.61. The van der Waals surface area contributed by atoms with E-state index in [1.54, 1.807) is 11.3 Å². The number of fused-ring (bicyclic) bond motifs is 1. The summed E-state index contributed by atoms with van der Waals surface area (Å²) in [5, 5.41) is 5.51. The smallest absolute Gasteiger partial charge is 0.188 e. The number of thiazole rings is 1. The van der Waals surface area contributed by atoms with Crippen molar-refractivity contribution in [1.29, 1.82) is 0 Å². The summed E-state index contributed by atoms with van der Waals surface area (Å²) in [5.41, 5.74) is 2.08. The molecule has 0 saturated carbocycles. The maximum atomic E-state index is 4.73. The highest BCUT2D eigenvalue weighted by molar-refractivity contribution is 7.22. The van der Waals surface area contributed by atoms with Gasteiger partial charge in [-0.2, -0.15) is 5.10 Å². The lowest BCUT2D eigenvalue weighted by Crippen LogP contribution is -2.33. The van der Waals surface area contributed by atoms with Crippen LogP contribution in [0.5, 0.6) is 0 Å². The second-order valence-corrected chi connectivity index (χ2v) is 6.15. The molecule has 6 heteroatoms. The number of hydrogen-bond acceptors (Lipinski definition) is 5. The molecule has 3 heterocycles. The predicted molar refractivity (Wildman–Crippen MR) is 75.4 cm³/mol. The number of hydrogen-bond donors (Lipinski definition) is 0. The fourth-order valence-corrected chi connectivity index (χ4v) is 3.67. The Labute approximate surface area is 111 Å². The molecule has 0 N–H and O–H groups in total. The van der Waals surface area contributed by atoms with Gasteiger partial charge >= 0.3 is 0 Å². The molecule has 2 aromatic heterocycles. The van der Waals surface area contributed by atoms with Crippen LogP contribution in [0.15, 0.2) is 0 Å². The van der Waals surface area contributed by atoms with Gasteiger partial charge in [-0.25, -0.2) is 9.67 Å². The van der Waals surface area contributed by atoms with Crippen molar-refractivity contribution in [2.45, 2.75) is 19.4 Å². The average molecular weight is 265 g/mol. The lowest BCUT2D eigenvalue weighted by Gasteiger charge is -2.23. The summed E-state index contributed by atoms with van der Waals surface area (Å²) in [5.74, 6) is 0. The molecule has 0 bridgehead atoms.